The Kier molecular flexibility index (Phi) is 9.75. The van der Waals surface area contributed by atoms with Gasteiger partial charge in [0.05, 0.1) is 25.2 Å². The Hall–Kier alpha value is -4.01. The summed E-state index contributed by atoms with van der Waals surface area (Å²) in [6, 6.07) is -5.83. The fraction of sp³-hybridized carbons (Fsp3) is 0.471. The number of aromatic amines is 1. The van der Waals surface area contributed by atoms with Crippen LogP contribution in [0.25, 0.3) is 0 Å². The van der Waals surface area contributed by atoms with Gasteiger partial charge in [-0.3, -0.25) is 24.0 Å². The van der Waals surface area contributed by atoms with Crippen LogP contribution in [0.3, 0.4) is 0 Å². The van der Waals surface area contributed by atoms with Gasteiger partial charge in [-0.05, 0) is 6.92 Å². The third-order valence-electron chi connectivity index (χ3n) is 4.09. The second-order valence-electron chi connectivity index (χ2n) is 6.77. The second-order valence-corrected chi connectivity index (χ2v) is 6.77. The predicted octanol–water partition coefficient (Wildman–Crippen LogP) is -3.21. The molecule has 0 aliphatic heterocycles. The molecule has 3 amide bonds. The molecule has 15 heteroatoms. The van der Waals surface area contributed by atoms with E-state index >= 15 is 0 Å². The first-order valence-corrected chi connectivity index (χ1v) is 9.21. The van der Waals surface area contributed by atoms with E-state index in [0.717, 1.165) is 0 Å². The third-order valence-corrected chi connectivity index (χ3v) is 4.09. The molecule has 1 aromatic heterocycles. The van der Waals surface area contributed by atoms with E-state index in [4.69, 9.17) is 21.1 Å². The maximum absolute atomic E-state index is 12.3. The van der Waals surface area contributed by atoms with Crippen molar-refractivity contribution in [2.75, 3.05) is 0 Å². The molecule has 4 atom stereocenters. The van der Waals surface area contributed by atoms with Crippen molar-refractivity contribution >= 4 is 35.6 Å². The number of hydrogen-bond acceptors (Lipinski definition) is 8. The van der Waals surface area contributed by atoms with E-state index in [0.29, 0.717) is 5.69 Å². The van der Waals surface area contributed by atoms with Crippen molar-refractivity contribution in [3.63, 3.8) is 0 Å². The zero-order valence-corrected chi connectivity index (χ0v) is 16.9. The molecule has 0 aliphatic rings. The molecule has 0 fully saturated rings. The SMILES string of the molecule is CC(NC(=O)C(N)Cc1cnc[nH]1)C(=O)NC(CC(=O)O)C(=O)NC(CC(=O)O)C(=O)O. The summed E-state index contributed by atoms with van der Waals surface area (Å²) in [6.07, 6.45) is 1.08. The molecule has 15 nitrogen and oxygen atoms in total. The first kappa shape index (κ1) is 26.0. The van der Waals surface area contributed by atoms with Crippen molar-refractivity contribution in [1.82, 2.24) is 25.9 Å². The number of nitrogens with zero attached hydrogens (tertiary/aromatic N) is 1. The molecule has 176 valence electrons. The Morgan fingerprint density at radius 2 is 1.50 bits per heavy atom. The van der Waals surface area contributed by atoms with Gasteiger partial charge in [-0.2, -0.15) is 0 Å². The summed E-state index contributed by atoms with van der Waals surface area (Å²) in [4.78, 5) is 76.2. The number of hydrogen-bond donors (Lipinski definition) is 8. The standard InChI is InChI=1S/C17H24N6O9/c1-7(21-15(29)9(18)2-8-5-19-6-20-8)14(28)22-10(3-12(24)25)16(30)23-11(17(31)32)4-13(26)27/h5-7,9-11H,2-4,18H2,1H3,(H,19,20)(H,21,29)(H,22,28)(H,23,30)(H,24,25)(H,26,27)(H,31,32). The van der Waals surface area contributed by atoms with Crippen LogP contribution in [0.1, 0.15) is 25.5 Å². The second kappa shape index (κ2) is 12.0. The van der Waals surface area contributed by atoms with Gasteiger partial charge >= 0.3 is 17.9 Å². The zero-order chi connectivity index (χ0) is 24.4. The zero-order valence-electron chi connectivity index (χ0n) is 16.9. The summed E-state index contributed by atoms with van der Waals surface area (Å²) < 4.78 is 0. The van der Waals surface area contributed by atoms with Gasteiger partial charge < -0.3 is 42.0 Å². The van der Waals surface area contributed by atoms with Crippen molar-refractivity contribution in [3.05, 3.63) is 18.2 Å². The maximum Gasteiger partial charge on any atom is 0.326 e. The van der Waals surface area contributed by atoms with Gasteiger partial charge in [0, 0.05) is 18.3 Å². The van der Waals surface area contributed by atoms with Crippen LogP contribution in [0.2, 0.25) is 0 Å². The molecular formula is C17H24N6O9. The molecule has 1 heterocycles. The van der Waals surface area contributed by atoms with Crippen molar-refractivity contribution in [1.29, 1.82) is 0 Å². The quantitative estimate of drug-likeness (QED) is 0.146. The Labute approximate surface area is 180 Å². The molecule has 1 rings (SSSR count). The van der Waals surface area contributed by atoms with Gasteiger partial charge in [-0.25, -0.2) is 9.78 Å². The van der Waals surface area contributed by atoms with Crippen molar-refractivity contribution in [2.45, 2.75) is 50.4 Å². The highest BCUT2D eigenvalue weighted by molar-refractivity contribution is 5.96. The molecule has 0 aromatic carbocycles. The summed E-state index contributed by atoms with van der Waals surface area (Å²) in [6.45, 7) is 1.26. The van der Waals surface area contributed by atoms with Crippen LogP contribution in [0.4, 0.5) is 0 Å². The Morgan fingerprint density at radius 1 is 0.938 bits per heavy atom. The molecule has 0 radical (unpaired) electrons. The van der Waals surface area contributed by atoms with Gasteiger partial charge in [0.25, 0.3) is 0 Å². The number of aliphatic carboxylic acids is 3. The number of aromatic nitrogens is 2. The van der Waals surface area contributed by atoms with Gasteiger partial charge in [-0.15, -0.1) is 0 Å². The number of carboxylic acid groups (broad SMARTS) is 3. The van der Waals surface area contributed by atoms with E-state index in [9.17, 15) is 28.8 Å². The van der Waals surface area contributed by atoms with E-state index in [2.05, 4.69) is 20.6 Å². The van der Waals surface area contributed by atoms with Crippen LogP contribution in [0.5, 0.6) is 0 Å². The monoisotopic (exact) mass is 456 g/mol. The molecule has 0 saturated heterocycles. The fourth-order valence-electron chi connectivity index (χ4n) is 2.44. The van der Waals surface area contributed by atoms with E-state index < -0.39 is 72.6 Å². The molecule has 4 unspecified atom stereocenters. The average molecular weight is 456 g/mol. The lowest BCUT2D eigenvalue weighted by atomic mass is 10.1. The number of imidazole rings is 1. The molecule has 32 heavy (non-hydrogen) atoms. The van der Waals surface area contributed by atoms with Crippen molar-refractivity contribution < 1.29 is 44.1 Å². The highest BCUT2D eigenvalue weighted by atomic mass is 16.4. The van der Waals surface area contributed by atoms with E-state index in [1.165, 1.54) is 19.4 Å². The van der Waals surface area contributed by atoms with Crippen molar-refractivity contribution in [3.8, 4) is 0 Å². The van der Waals surface area contributed by atoms with E-state index in [1.807, 2.05) is 5.32 Å². The highest BCUT2D eigenvalue weighted by Crippen LogP contribution is 2.01. The molecule has 1 aromatic rings. The molecule has 0 spiro atoms. The van der Waals surface area contributed by atoms with Crippen LogP contribution < -0.4 is 21.7 Å². The highest BCUT2D eigenvalue weighted by Gasteiger charge is 2.31. The summed E-state index contributed by atoms with van der Waals surface area (Å²) in [5.74, 6) is -7.53. The number of carbonyl (C=O) groups is 6. The number of carboxylic acids is 3. The summed E-state index contributed by atoms with van der Waals surface area (Å²) in [5, 5.41) is 33.0. The lowest BCUT2D eigenvalue weighted by molar-refractivity contribution is -0.148. The normalized spacial score (nSPS) is 14.3. The van der Waals surface area contributed by atoms with Crippen LogP contribution in [0, 0.1) is 0 Å². The number of H-pyrrole nitrogens is 1. The van der Waals surface area contributed by atoms with E-state index in [1.54, 1.807) is 0 Å². The van der Waals surface area contributed by atoms with Crippen LogP contribution in [-0.2, 0) is 35.2 Å². The average Bonchev–Trinajstić information content (AvgIpc) is 3.18. The molecule has 0 aliphatic carbocycles. The number of amides is 3. The summed E-state index contributed by atoms with van der Waals surface area (Å²) in [5.41, 5.74) is 6.34. The predicted molar refractivity (Wildman–Crippen MR) is 104 cm³/mol. The Bertz CT molecular complexity index is 857. The first-order chi connectivity index (χ1) is 14.9. The largest absolute Gasteiger partial charge is 0.481 e. The van der Waals surface area contributed by atoms with Gasteiger partial charge in [0.15, 0.2) is 0 Å². The van der Waals surface area contributed by atoms with Crippen LogP contribution in [-0.4, -0.2) is 85.1 Å². The van der Waals surface area contributed by atoms with E-state index in [-0.39, 0.29) is 6.42 Å². The topological polar surface area (TPSA) is 254 Å². The number of nitrogens with two attached hydrogens (primary N) is 1. The molecule has 9 N–H and O–H groups in total. The van der Waals surface area contributed by atoms with Gasteiger partial charge in [0.2, 0.25) is 17.7 Å². The number of carbonyl (C=O) groups excluding carboxylic acids is 3. The molecule has 0 saturated carbocycles. The lowest BCUT2D eigenvalue weighted by Gasteiger charge is -2.22. The van der Waals surface area contributed by atoms with Crippen LogP contribution >= 0.6 is 0 Å². The minimum absolute atomic E-state index is 0.102. The third kappa shape index (κ3) is 8.78. The van der Waals surface area contributed by atoms with Crippen molar-refractivity contribution in [2.24, 2.45) is 5.73 Å². The van der Waals surface area contributed by atoms with Gasteiger partial charge in [0.1, 0.15) is 18.1 Å². The number of rotatable bonds is 13. The lowest BCUT2D eigenvalue weighted by Crippen LogP contribution is -2.57. The fourth-order valence-corrected chi connectivity index (χ4v) is 2.44. The molecular weight excluding hydrogens is 432 g/mol. The summed E-state index contributed by atoms with van der Waals surface area (Å²) in [7, 11) is 0. The Morgan fingerprint density at radius 3 is 2.00 bits per heavy atom. The number of nitrogens with one attached hydrogen (secondary N) is 4. The van der Waals surface area contributed by atoms with Gasteiger partial charge in [-0.1, -0.05) is 0 Å². The Balaban J connectivity index is 2.75. The summed E-state index contributed by atoms with van der Waals surface area (Å²) >= 11 is 0. The molecule has 0 bridgehead atoms. The van der Waals surface area contributed by atoms with Crippen LogP contribution in [0.15, 0.2) is 12.5 Å². The minimum atomic E-state index is -1.84. The first-order valence-electron chi connectivity index (χ1n) is 9.21. The smallest absolute Gasteiger partial charge is 0.326 e. The maximum atomic E-state index is 12.3. The minimum Gasteiger partial charge on any atom is -0.481 e.